The standard InChI is InChI=1S/C29H32FN7O3/c1-18-27(33-34-37(18)23-10-12-35(13-11-23)28(38)40-29(3,4)5)21-14-25-32-17-24(16-31)36(25)26(15-21)39-19(2)20-6-8-22(30)9-7-20/h6-9,14-15,17,19,23H,10-13H2,1-5H3/t19-/m1/s1. The molecule has 0 aliphatic carbocycles. The van der Waals surface area contributed by atoms with Crippen LogP contribution in [0.2, 0.25) is 0 Å². The molecular weight excluding hydrogens is 513 g/mol. The van der Waals surface area contributed by atoms with Crippen LogP contribution in [0.5, 0.6) is 5.88 Å². The highest BCUT2D eigenvalue weighted by molar-refractivity contribution is 5.69. The highest BCUT2D eigenvalue weighted by Crippen LogP contribution is 2.33. The number of rotatable bonds is 5. The summed E-state index contributed by atoms with van der Waals surface area (Å²) in [5, 5.41) is 18.6. The number of piperidine rings is 1. The summed E-state index contributed by atoms with van der Waals surface area (Å²) >= 11 is 0. The number of likely N-dealkylation sites (tertiary alicyclic amines) is 1. The molecule has 1 atom stereocenters. The van der Waals surface area contributed by atoms with Crippen molar-refractivity contribution in [3.63, 3.8) is 0 Å². The zero-order chi connectivity index (χ0) is 28.6. The van der Waals surface area contributed by atoms with Crippen LogP contribution in [0.25, 0.3) is 16.9 Å². The second-order valence-corrected chi connectivity index (χ2v) is 11.0. The molecule has 0 spiro atoms. The molecule has 1 aliphatic heterocycles. The quantitative estimate of drug-likeness (QED) is 0.320. The van der Waals surface area contributed by atoms with E-state index < -0.39 is 11.7 Å². The first-order valence-electron chi connectivity index (χ1n) is 13.3. The maximum absolute atomic E-state index is 13.4. The summed E-state index contributed by atoms with van der Waals surface area (Å²) in [5.41, 5.74) is 3.43. The molecule has 5 rings (SSSR count). The van der Waals surface area contributed by atoms with Crippen LogP contribution in [0.1, 0.15) is 69.6 Å². The molecular formula is C29H32FN7O3. The van der Waals surface area contributed by atoms with E-state index in [1.165, 1.54) is 18.3 Å². The van der Waals surface area contributed by atoms with Crippen LogP contribution in [0.4, 0.5) is 9.18 Å². The van der Waals surface area contributed by atoms with Gasteiger partial charge in [-0.25, -0.2) is 18.9 Å². The number of hydrogen-bond donors (Lipinski definition) is 0. The van der Waals surface area contributed by atoms with Gasteiger partial charge in [-0.3, -0.25) is 4.40 Å². The first kappa shape index (κ1) is 27.1. The summed E-state index contributed by atoms with van der Waals surface area (Å²) < 4.78 is 28.8. The number of amides is 1. The lowest BCUT2D eigenvalue weighted by atomic mass is 10.0. The summed E-state index contributed by atoms with van der Waals surface area (Å²) in [6.45, 7) is 10.6. The number of nitrogens with zero attached hydrogens (tertiary/aromatic N) is 7. The number of halogens is 1. The van der Waals surface area contributed by atoms with Gasteiger partial charge in [0.2, 0.25) is 5.88 Å². The third kappa shape index (κ3) is 5.47. The molecule has 1 aliphatic rings. The van der Waals surface area contributed by atoms with Crippen LogP contribution in [0.15, 0.2) is 42.6 Å². The van der Waals surface area contributed by atoms with Crippen molar-refractivity contribution in [3.05, 3.63) is 65.4 Å². The molecule has 3 aromatic heterocycles. The average molecular weight is 546 g/mol. The van der Waals surface area contributed by atoms with Crippen LogP contribution < -0.4 is 4.74 Å². The average Bonchev–Trinajstić information content (AvgIpc) is 3.51. The number of imidazole rings is 1. The molecule has 11 heteroatoms. The van der Waals surface area contributed by atoms with Crippen molar-refractivity contribution in [1.29, 1.82) is 5.26 Å². The topological polar surface area (TPSA) is 111 Å². The second-order valence-electron chi connectivity index (χ2n) is 11.0. The molecule has 1 fully saturated rings. The molecule has 0 bridgehead atoms. The molecule has 10 nitrogen and oxygen atoms in total. The summed E-state index contributed by atoms with van der Waals surface area (Å²) in [7, 11) is 0. The number of ether oxygens (including phenoxy) is 2. The van der Waals surface area contributed by atoms with Gasteiger partial charge in [-0.15, -0.1) is 5.10 Å². The van der Waals surface area contributed by atoms with E-state index in [1.54, 1.807) is 21.4 Å². The Morgan fingerprint density at radius 3 is 2.52 bits per heavy atom. The fourth-order valence-corrected chi connectivity index (χ4v) is 4.94. The van der Waals surface area contributed by atoms with Crippen molar-refractivity contribution in [3.8, 4) is 23.2 Å². The SMILES string of the molecule is Cc1c(-c2cc(O[C@H](C)c3ccc(F)cc3)n3c(C#N)cnc3c2)nnn1C1CCN(C(=O)OC(C)(C)C)CC1. The van der Waals surface area contributed by atoms with Gasteiger partial charge in [0.25, 0.3) is 0 Å². The van der Waals surface area contributed by atoms with E-state index in [0.29, 0.717) is 36.0 Å². The molecule has 40 heavy (non-hydrogen) atoms. The number of benzene rings is 1. The van der Waals surface area contributed by atoms with E-state index in [4.69, 9.17) is 9.47 Å². The van der Waals surface area contributed by atoms with Gasteiger partial charge in [0, 0.05) is 24.7 Å². The third-order valence-electron chi connectivity index (χ3n) is 6.99. The molecule has 0 unspecified atom stereocenters. The van der Waals surface area contributed by atoms with Crippen LogP contribution in [-0.4, -0.2) is 54.1 Å². The normalized spacial score (nSPS) is 15.2. The molecule has 0 radical (unpaired) electrons. The summed E-state index contributed by atoms with van der Waals surface area (Å²) in [6, 6.07) is 12.0. The smallest absolute Gasteiger partial charge is 0.410 e. The Bertz CT molecular complexity index is 1570. The molecule has 0 N–H and O–H groups in total. The zero-order valence-electron chi connectivity index (χ0n) is 23.3. The van der Waals surface area contributed by atoms with Crippen LogP contribution in [0, 0.1) is 24.1 Å². The number of hydrogen-bond acceptors (Lipinski definition) is 7. The van der Waals surface area contributed by atoms with Gasteiger partial charge in [-0.1, -0.05) is 17.3 Å². The summed E-state index contributed by atoms with van der Waals surface area (Å²) in [5.74, 6) is 0.0915. The predicted octanol–water partition coefficient (Wildman–Crippen LogP) is 5.62. The number of carbonyl (C=O) groups excluding carboxylic acids is 1. The fourth-order valence-electron chi connectivity index (χ4n) is 4.94. The number of carbonyl (C=O) groups is 1. The Kier molecular flexibility index (Phi) is 7.19. The van der Waals surface area contributed by atoms with Crippen LogP contribution in [0.3, 0.4) is 0 Å². The minimum Gasteiger partial charge on any atom is -0.471 e. The first-order chi connectivity index (χ1) is 19.0. The van der Waals surface area contributed by atoms with Crippen molar-refractivity contribution in [2.45, 2.75) is 65.2 Å². The number of fused-ring (bicyclic) bond motifs is 1. The van der Waals surface area contributed by atoms with Gasteiger partial charge in [0.05, 0.1) is 17.9 Å². The maximum atomic E-state index is 13.4. The van der Waals surface area contributed by atoms with E-state index in [1.807, 2.05) is 51.4 Å². The van der Waals surface area contributed by atoms with Gasteiger partial charge in [-0.2, -0.15) is 5.26 Å². The number of nitriles is 1. The summed E-state index contributed by atoms with van der Waals surface area (Å²) in [6.07, 6.45) is 2.25. The Morgan fingerprint density at radius 1 is 1.18 bits per heavy atom. The van der Waals surface area contributed by atoms with Gasteiger partial charge >= 0.3 is 6.09 Å². The second kappa shape index (κ2) is 10.6. The van der Waals surface area contributed by atoms with Crippen molar-refractivity contribution in [1.82, 2.24) is 29.3 Å². The molecule has 208 valence electrons. The van der Waals surface area contributed by atoms with E-state index in [0.717, 1.165) is 29.7 Å². The molecule has 4 aromatic rings. The van der Waals surface area contributed by atoms with Gasteiger partial charge in [-0.05, 0) is 71.2 Å². The lowest BCUT2D eigenvalue weighted by Crippen LogP contribution is -2.42. The molecule has 1 aromatic carbocycles. The molecule has 0 saturated carbocycles. The Labute approximate surface area is 231 Å². The van der Waals surface area contributed by atoms with Crippen LogP contribution >= 0.6 is 0 Å². The minimum atomic E-state index is -0.533. The fraction of sp³-hybridized carbons (Fsp3) is 0.414. The molecule has 1 amide bonds. The zero-order valence-corrected chi connectivity index (χ0v) is 23.3. The van der Waals surface area contributed by atoms with Gasteiger partial charge in [0.1, 0.15) is 40.6 Å². The third-order valence-corrected chi connectivity index (χ3v) is 6.99. The van der Waals surface area contributed by atoms with Crippen molar-refractivity contribution >= 4 is 11.7 Å². The van der Waals surface area contributed by atoms with Crippen molar-refractivity contribution < 1.29 is 18.7 Å². The maximum Gasteiger partial charge on any atom is 0.410 e. The van der Waals surface area contributed by atoms with Gasteiger partial charge < -0.3 is 14.4 Å². The van der Waals surface area contributed by atoms with E-state index >= 15 is 0 Å². The Morgan fingerprint density at radius 2 is 1.88 bits per heavy atom. The van der Waals surface area contributed by atoms with E-state index in [2.05, 4.69) is 21.4 Å². The Balaban J connectivity index is 1.41. The van der Waals surface area contributed by atoms with Crippen molar-refractivity contribution in [2.75, 3.05) is 13.1 Å². The molecule has 1 saturated heterocycles. The lowest BCUT2D eigenvalue weighted by Gasteiger charge is -2.33. The number of pyridine rings is 1. The van der Waals surface area contributed by atoms with Crippen molar-refractivity contribution in [2.24, 2.45) is 0 Å². The Hall–Kier alpha value is -4.46. The highest BCUT2D eigenvalue weighted by atomic mass is 19.1. The predicted molar refractivity (Wildman–Crippen MR) is 145 cm³/mol. The lowest BCUT2D eigenvalue weighted by molar-refractivity contribution is 0.0183. The van der Waals surface area contributed by atoms with E-state index in [-0.39, 0.29) is 18.0 Å². The first-order valence-corrected chi connectivity index (χ1v) is 13.3. The van der Waals surface area contributed by atoms with E-state index in [9.17, 15) is 14.4 Å². The highest BCUT2D eigenvalue weighted by Gasteiger charge is 2.29. The monoisotopic (exact) mass is 545 g/mol. The molecule has 4 heterocycles. The van der Waals surface area contributed by atoms with Gasteiger partial charge in [0.15, 0.2) is 0 Å². The number of aromatic nitrogens is 5. The minimum absolute atomic E-state index is 0.0921. The van der Waals surface area contributed by atoms with Crippen LogP contribution in [-0.2, 0) is 4.74 Å². The summed E-state index contributed by atoms with van der Waals surface area (Å²) in [4.78, 5) is 18.6. The largest absolute Gasteiger partial charge is 0.471 e.